The molecule has 2 N–H and O–H groups in total. The van der Waals surface area contributed by atoms with Crippen LogP contribution in [0.15, 0.2) is 51.2 Å². The molecule has 8 nitrogen and oxygen atoms in total. The van der Waals surface area contributed by atoms with Crippen molar-refractivity contribution in [2.45, 2.75) is 46.1 Å². The van der Waals surface area contributed by atoms with Gasteiger partial charge in [0.05, 0.1) is 7.11 Å². The fourth-order valence-corrected chi connectivity index (χ4v) is 4.43. The first-order valence-corrected chi connectivity index (χ1v) is 12.4. The summed E-state index contributed by atoms with van der Waals surface area (Å²) >= 11 is 0. The van der Waals surface area contributed by atoms with Crippen molar-refractivity contribution in [3.8, 4) is 17.2 Å². The minimum atomic E-state index is -0.664. The molecule has 1 saturated heterocycles. The molecule has 2 heterocycles. The Kier molecular flexibility index (Phi) is 7.88. The Balaban J connectivity index is 1.62. The van der Waals surface area contributed by atoms with Crippen molar-refractivity contribution in [1.82, 2.24) is 4.90 Å². The highest BCUT2D eigenvalue weighted by Gasteiger charge is 2.23. The minimum Gasteiger partial charge on any atom is -0.508 e. The number of piperidine rings is 1. The second-order valence-electron chi connectivity index (χ2n) is 9.80. The number of aryl methyl sites for hydroxylation is 1. The van der Waals surface area contributed by atoms with Gasteiger partial charge in [-0.25, -0.2) is 4.79 Å². The van der Waals surface area contributed by atoms with Gasteiger partial charge >= 0.3 is 5.63 Å². The van der Waals surface area contributed by atoms with Crippen LogP contribution < -0.4 is 20.4 Å². The van der Waals surface area contributed by atoms with Crippen molar-refractivity contribution < 1.29 is 23.8 Å². The average molecular weight is 507 g/mol. The predicted molar refractivity (Wildman–Crippen MR) is 144 cm³/mol. The van der Waals surface area contributed by atoms with Crippen LogP contribution in [0.5, 0.6) is 17.2 Å². The normalized spacial score (nSPS) is 14.4. The molecule has 2 aromatic carbocycles. The molecular formula is C29H34N2O6. The molecule has 3 aromatic rings. The van der Waals surface area contributed by atoms with Gasteiger partial charge in [-0.2, -0.15) is 0 Å². The number of anilines is 1. The van der Waals surface area contributed by atoms with Gasteiger partial charge in [-0.3, -0.25) is 4.79 Å². The number of nitrogens with one attached hydrogen (secondary N) is 1. The van der Waals surface area contributed by atoms with Crippen molar-refractivity contribution in [1.29, 1.82) is 0 Å². The van der Waals surface area contributed by atoms with Crippen LogP contribution in [0.1, 0.15) is 48.2 Å². The van der Waals surface area contributed by atoms with E-state index in [2.05, 4.69) is 17.3 Å². The summed E-state index contributed by atoms with van der Waals surface area (Å²) in [4.78, 5) is 28.1. The van der Waals surface area contributed by atoms with Gasteiger partial charge in [0.2, 0.25) is 0 Å². The van der Waals surface area contributed by atoms with Gasteiger partial charge in [0.15, 0.2) is 11.5 Å². The van der Waals surface area contributed by atoms with Crippen molar-refractivity contribution in [2.75, 3.05) is 32.6 Å². The van der Waals surface area contributed by atoms with E-state index < -0.39 is 11.5 Å². The Morgan fingerprint density at radius 1 is 1.22 bits per heavy atom. The Hall–Kier alpha value is -3.78. The summed E-state index contributed by atoms with van der Waals surface area (Å²) in [6, 6.07) is 7.94. The largest absolute Gasteiger partial charge is 0.508 e. The molecule has 37 heavy (non-hydrogen) atoms. The zero-order valence-corrected chi connectivity index (χ0v) is 22.0. The van der Waals surface area contributed by atoms with Crippen LogP contribution in [0.3, 0.4) is 0 Å². The van der Waals surface area contributed by atoms with Crippen molar-refractivity contribution >= 4 is 22.6 Å². The number of hydrogen-bond donors (Lipinski definition) is 2. The number of phenolic OH excluding ortho intramolecular Hbond substituents is 1. The third-order valence-corrected chi connectivity index (χ3v) is 6.66. The number of nitrogens with zero attached hydrogens (tertiary/aromatic N) is 1. The maximum absolute atomic E-state index is 13.0. The summed E-state index contributed by atoms with van der Waals surface area (Å²) in [6.45, 7) is 7.67. The number of benzene rings is 2. The smallest absolute Gasteiger partial charge is 0.360 e. The minimum absolute atomic E-state index is 0.0156. The van der Waals surface area contributed by atoms with E-state index in [4.69, 9.17) is 13.9 Å². The molecule has 1 aliphatic heterocycles. The molecule has 0 aliphatic carbocycles. The van der Waals surface area contributed by atoms with Crippen LogP contribution in [0, 0.1) is 6.92 Å². The number of methoxy groups -OCH3 is 1. The summed E-state index contributed by atoms with van der Waals surface area (Å²) < 4.78 is 17.6. The number of hydrogen-bond acceptors (Lipinski definition) is 7. The topological polar surface area (TPSA) is 101 Å². The maximum atomic E-state index is 13.0. The van der Waals surface area contributed by atoms with Crippen LogP contribution >= 0.6 is 0 Å². The highest BCUT2D eigenvalue weighted by molar-refractivity contribution is 6.05. The van der Waals surface area contributed by atoms with Gasteiger partial charge < -0.3 is 29.2 Å². The maximum Gasteiger partial charge on any atom is 0.360 e. The zero-order chi connectivity index (χ0) is 26.7. The molecule has 4 rings (SSSR count). The number of allylic oxidation sites excluding steroid dienone is 2. The zero-order valence-electron chi connectivity index (χ0n) is 22.0. The van der Waals surface area contributed by atoms with Crippen molar-refractivity contribution in [3.05, 3.63) is 69.1 Å². The number of aromatic hydroxyl groups is 1. The molecule has 0 saturated carbocycles. The first kappa shape index (κ1) is 26.3. The number of ether oxygens (including phenoxy) is 2. The van der Waals surface area contributed by atoms with E-state index in [-0.39, 0.29) is 17.5 Å². The molecule has 196 valence electrons. The lowest BCUT2D eigenvalue weighted by molar-refractivity contribution is 0.102. The summed E-state index contributed by atoms with van der Waals surface area (Å²) in [7, 11) is 3.66. The van der Waals surface area contributed by atoms with Gasteiger partial charge in [-0.1, -0.05) is 11.6 Å². The van der Waals surface area contributed by atoms with Gasteiger partial charge in [-0.15, -0.1) is 0 Å². The van der Waals surface area contributed by atoms with E-state index in [1.54, 1.807) is 25.3 Å². The van der Waals surface area contributed by atoms with E-state index in [9.17, 15) is 14.7 Å². The highest BCUT2D eigenvalue weighted by atomic mass is 16.5. The summed E-state index contributed by atoms with van der Waals surface area (Å²) in [5.74, 6) is 0.742. The summed E-state index contributed by atoms with van der Waals surface area (Å²) in [5, 5.41) is 13.4. The second kappa shape index (κ2) is 11.1. The summed E-state index contributed by atoms with van der Waals surface area (Å²) in [5.41, 5.74) is 2.46. The summed E-state index contributed by atoms with van der Waals surface area (Å²) in [6.07, 6.45) is 4.32. The number of likely N-dealkylation sites (tertiary alicyclic amines) is 1. The van der Waals surface area contributed by atoms with Gasteiger partial charge in [0, 0.05) is 29.6 Å². The first-order chi connectivity index (χ1) is 17.7. The Labute approximate surface area is 216 Å². The van der Waals surface area contributed by atoms with E-state index in [1.807, 2.05) is 26.8 Å². The van der Waals surface area contributed by atoms with Crippen LogP contribution in [0.25, 0.3) is 11.0 Å². The van der Waals surface area contributed by atoms with Crippen LogP contribution in [0.2, 0.25) is 0 Å². The van der Waals surface area contributed by atoms with Crippen molar-refractivity contribution in [3.63, 3.8) is 0 Å². The first-order valence-electron chi connectivity index (χ1n) is 12.4. The molecule has 1 aliphatic rings. The molecular weight excluding hydrogens is 472 g/mol. The standard InChI is InChI=1S/C29H34N2O6/c1-17(2)6-7-19-14-20(8-9-24(19)32)28(33)30-23-15-21-16-25(35-5)27(18(3)26(21)37-29(23)34)36-22-10-12-31(4)13-11-22/h6,8-9,14-16,22,32H,7,10-13H2,1-5H3,(H,30,33). The number of rotatable bonds is 7. The highest BCUT2D eigenvalue weighted by Crippen LogP contribution is 2.38. The van der Waals surface area contributed by atoms with Gasteiger partial charge in [0.25, 0.3) is 5.91 Å². The number of amides is 1. The molecule has 1 fully saturated rings. The Morgan fingerprint density at radius 3 is 2.62 bits per heavy atom. The third kappa shape index (κ3) is 5.97. The molecule has 0 radical (unpaired) electrons. The van der Waals surface area contributed by atoms with E-state index in [0.29, 0.717) is 45.6 Å². The molecule has 0 spiro atoms. The number of carbonyl (C=O) groups excluding carboxylic acids is 1. The lowest BCUT2D eigenvalue weighted by Crippen LogP contribution is -2.35. The molecule has 0 bridgehead atoms. The van der Waals surface area contributed by atoms with E-state index in [1.165, 1.54) is 12.1 Å². The van der Waals surface area contributed by atoms with Crippen LogP contribution in [-0.4, -0.2) is 49.3 Å². The van der Waals surface area contributed by atoms with Crippen molar-refractivity contribution in [2.24, 2.45) is 0 Å². The molecule has 0 atom stereocenters. The fourth-order valence-electron chi connectivity index (χ4n) is 4.43. The lowest BCUT2D eigenvalue weighted by atomic mass is 10.0. The molecule has 1 amide bonds. The number of fused-ring (bicyclic) bond motifs is 1. The second-order valence-corrected chi connectivity index (χ2v) is 9.80. The SMILES string of the molecule is COc1cc2cc(NC(=O)c3ccc(O)c(CC=C(C)C)c3)c(=O)oc2c(C)c1OC1CCN(C)CC1. The monoisotopic (exact) mass is 506 g/mol. The third-order valence-electron chi connectivity index (χ3n) is 6.66. The quantitative estimate of drug-likeness (QED) is 0.342. The van der Waals surface area contributed by atoms with Crippen LogP contribution in [0.4, 0.5) is 5.69 Å². The average Bonchev–Trinajstić information content (AvgIpc) is 2.87. The Morgan fingerprint density at radius 2 is 1.95 bits per heavy atom. The molecule has 0 unspecified atom stereocenters. The fraction of sp³-hybridized carbons (Fsp3) is 0.379. The molecule has 1 aromatic heterocycles. The van der Waals surface area contributed by atoms with Gasteiger partial charge in [0.1, 0.15) is 23.1 Å². The lowest BCUT2D eigenvalue weighted by Gasteiger charge is -2.30. The predicted octanol–water partition coefficient (Wildman–Crippen LogP) is 5.05. The van der Waals surface area contributed by atoms with E-state index in [0.717, 1.165) is 31.5 Å². The van der Waals surface area contributed by atoms with Crippen LogP contribution in [-0.2, 0) is 6.42 Å². The Bertz CT molecular complexity index is 1400. The molecule has 8 heteroatoms. The number of phenols is 1. The number of carbonyl (C=O) groups is 1. The van der Waals surface area contributed by atoms with E-state index >= 15 is 0 Å². The van der Waals surface area contributed by atoms with Gasteiger partial charge in [-0.05, 0) is 83.0 Å².